The molecule has 0 bridgehead atoms. The van der Waals surface area contributed by atoms with Crippen LogP contribution in [0.3, 0.4) is 0 Å². The maximum atomic E-state index is 13.2. The number of sulfonamides is 1. The van der Waals surface area contributed by atoms with Gasteiger partial charge >= 0.3 is 5.76 Å². The molecule has 182 valence electrons. The maximum absolute atomic E-state index is 13.2. The number of carbonyl (C=O) groups is 1. The van der Waals surface area contributed by atoms with Crippen LogP contribution in [-0.4, -0.2) is 32.0 Å². The highest BCUT2D eigenvalue weighted by Gasteiger charge is 2.27. The number of hydrogen-bond acceptors (Lipinski definition) is 6. The molecule has 0 fully saturated rings. The van der Waals surface area contributed by atoms with Gasteiger partial charge in [-0.25, -0.2) is 13.2 Å². The summed E-state index contributed by atoms with van der Waals surface area (Å²) < 4.78 is 40.5. The van der Waals surface area contributed by atoms with Gasteiger partial charge in [0, 0.05) is 19.7 Å². The van der Waals surface area contributed by atoms with Gasteiger partial charge in [0.05, 0.1) is 17.5 Å². The number of nitrogens with zero attached hydrogens (tertiary/aromatic N) is 1. The third-order valence-corrected chi connectivity index (χ3v) is 7.04. The zero-order chi connectivity index (χ0) is 25.0. The minimum absolute atomic E-state index is 0.113. The van der Waals surface area contributed by atoms with Crippen molar-refractivity contribution >= 4 is 27.0 Å². The van der Waals surface area contributed by atoms with Crippen LogP contribution in [0.2, 0.25) is 0 Å². The van der Waals surface area contributed by atoms with E-state index in [1.807, 2.05) is 42.5 Å². The van der Waals surface area contributed by atoms with Gasteiger partial charge in [-0.05, 0) is 41.8 Å². The number of ether oxygens (including phenoxy) is 1. The van der Waals surface area contributed by atoms with Gasteiger partial charge in [-0.2, -0.15) is 4.72 Å². The van der Waals surface area contributed by atoms with Gasteiger partial charge in [0.25, 0.3) is 0 Å². The standard InChI is InChI=1S/C25H25N3O6S/c1-28-22-12-11-20(15-23(22)34-25(28)30)35(31,32)27-21(14-17-7-4-3-5-8-17)24(29)26-16-18-9-6-10-19(13-18)33-2/h3-13,15,21,27H,14,16H2,1-2H3,(H,26,29)/t21-/m0/s1. The van der Waals surface area contributed by atoms with Gasteiger partial charge in [-0.3, -0.25) is 9.36 Å². The summed E-state index contributed by atoms with van der Waals surface area (Å²) in [6, 6.07) is 19.4. The van der Waals surface area contributed by atoms with Crippen LogP contribution in [0.25, 0.3) is 11.1 Å². The van der Waals surface area contributed by atoms with Crippen LogP contribution in [0.15, 0.2) is 86.9 Å². The molecule has 2 N–H and O–H groups in total. The Labute approximate surface area is 202 Å². The van der Waals surface area contributed by atoms with Crippen molar-refractivity contribution in [2.45, 2.75) is 23.9 Å². The first-order valence-corrected chi connectivity index (χ1v) is 12.3. The first kappa shape index (κ1) is 24.2. The molecule has 35 heavy (non-hydrogen) atoms. The van der Waals surface area contributed by atoms with E-state index in [1.54, 1.807) is 19.2 Å². The van der Waals surface area contributed by atoms with Crippen molar-refractivity contribution in [3.8, 4) is 5.75 Å². The Morgan fingerprint density at radius 3 is 2.51 bits per heavy atom. The summed E-state index contributed by atoms with van der Waals surface area (Å²) >= 11 is 0. The second-order valence-electron chi connectivity index (χ2n) is 7.99. The quantitative estimate of drug-likeness (QED) is 0.368. The molecule has 0 radical (unpaired) electrons. The molecule has 0 spiro atoms. The van der Waals surface area contributed by atoms with E-state index >= 15 is 0 Å². The molecule has 0 unspecified atom stereocenters. The molecule has 1 atom stereocenters. The summed E-state index contributed by atoms with van der Waals surface area (Å²) in [6.07, 6.45) is 0.146. The number of amides is 1. The van der Waals surface area contributed by atoms with Gasteiger partial charge < -0.3 is 14.5 Å². The van der Waals surface area contributed by atoms with Crippen molar-refractivity contribution < 1.29 is 22.4 Å². The van der Waals surface area contributed by atoms with E-state index in [0.29, 0.717) is 11.3 Å². The van der Waals surface area contributed by atoms with Gasteiger partial charge in [0.15, 0.2) is 5.58 Å². The number of rotatable bonds is 9. The van der Waals surface area contributed by atoms with Crippen molar-refractivity contribution in [2.75, 3.05) is 7.11 Å². The van der Waals surface area contributed by atoms with Crippen LogP contribution in [-0.2, 0) is 34.8 Å². The van der Waals surface area contributed by atoms with Crippen LogP contribution in [0.5, 0.6) is 5.75 Å². The molecule has 0 saturated heterocycles. The Bertz CT molecular complexity index is 1510. The topological polar surface area (TPSA) is 120 Å². The third-order valence-electron chi connectivity index (χ3n) is 5.57. The molecule has 0 aliphatic rings. The van der Waals surface area contributed by atoms with E-state index in [9.17, 15) is 18.0 Å². The van der Waals surface area contributed by atoms with Gasteiger partial charge in [-0.1, -0.05) is 42.5 Å². The van der Waals surface area contributed by atoms with E-state index in [2.05, 4.69) is 10.0 Å². The summed E-state index contributed by atoms with van der Waals surface area (Å²) in [5, 5.41) is 2.80. The average molecular weight is 496 g/mol. The molecule has 0 aliphatic heterocycles. The third kappa shape index (κ3) is 5.61. The zero-order valence-corrected chi connectivity index (χ0v) is 20.0. The van der Waals surface area contributed by atoms with Crippen molar-refractivity contribution in [1.82, 2.24) is 14.6 Å². The van der Waals surface area contributed by atoms with Crippen LogP contribution in [0.1, 0.15) is 11.1 Å². The van der Waals surface area contributed by atoms with Gasteiger partial charge in [0.2, 0.25) is 15.9 Å². The molecule has 9 nitrogen and oxygen atoms in total. The fraction of sp³-hybridized carbons (Fsp3) is 0.200. The normalized spacial score (nSPS) is 12.4. The summed E-state index contributed by atoms with van der Waals surface area (Å²) in [6.45, 7) is 0.199. The molecule has 4 aromatic rings. The first-order valence-electron chi connectivity index (χ1n) is 10.8. The van der Waals surface area contributed by atoms with E-state index in [-0.39, 0.29) is 23.4 Å². The number of methoxy groups -OCH3 is 1. The summed E-state index contributed by atoms with van der Waals surface area (Å²) in [7, 11) is -1.03. The second kappa shape index (κ2) is 10.2. The Balaban J connectivity index is 1.57. The molecule has 0 aliphatic carbocycles. The van der Waals surface area contributed by atoms with Gasteiger partial charge in [0.1, 0.15) is 11.8 Å². The highest BCUT2D eigenvalue weighted by atomic mass is 32.2. The van der Waals surface area contributed by atoms with Crippen LogP contribution in [0, 0.1) is 0 Å². The number of aromatic nitrogens is 1. The number of fused-ring (bicyclic) bond motifs is 1. The smallest absolute Gasteiger partial charge is 0.419 e. The lowest BCUT2D eigenvalue weighted by Gasteiger charge is -2.19. The number of nitrogens with one attached hydrogen (secondary N) is 2. The largest absolute Gasteiger partial charge is 0.497 e. The molecular formula is C25H25N3O6S. The predicted molar refractivity (Wildman–Crippen MR) is 131 cm³/mol. The number of aryl methyl sites for hydroxylation is 1. The van der Waals surface area contributed by atoms with Crippen molar-refractivity contribution in [2.24, 2.45) is 7.05 Å². The minimum atomic E-state index is -4.12. The van der Waals surface area contributed by atoms with E-state index in [4.69, 9.17) is 9.15 Å². The second-order valence-corrected chi connectivity index (χ2v) is 9.70. The number of benzene rings is 3. The Morgan fingerprint density at radius 1 is 1.03 bits per heavy atom. The number of carbonyl (C=O) groups excluding carboxylic acids is 1. The summed E-state index contributed by atoms with van der Waals surface area (Å²) in [4.78, 5) is 24.8. The lowest BCUT2D eigenvalue weighted by atomic mass is 10.1. The highest BCUT2D eigenvalue weighted by molar-refractivity contribution is 7.89. The molecule has 0 saturated carbocycles. The molecular weight excluding hydrogens is 470 g/mol. The SMILES string of the molecule is COc1cccc(CNC(=O)[C@H](Cc2ccccc2)NS(=O)(=O)c2ccc3c(c2)oc(=O)n3C)c1. The van der Waals surface area contributed by atoms with Crippen LogP contribution >= 0.6 is 0 Å². The highest BCUT2D eigenvalue weighted by Crippen LogP contribution is 2.19. The Morgan fingerprint density at radius 2 is 1.77 bits per heavy atom. The predicted octanol–water partition coefficient (Wildman–Crippen LogP) is 2.35. The fourth-order valence-electron chi connectivity index (χ4n) is 3.67. The van der Waals surface area contributed by atoms with E-state index < -0.39 is 27.7 Å². The lowest BCUT2D eigenvalue weighted by molar-refractivity contribution is -0.122. The molecule has 1 heterocycles. The molecule has 10 heteroatoms. The first-order chi connectivity index (χ1) is 16.8. The number of oxazole rings is 1. The lowest BCUT2D eigenvalue weighted by Crippen LogP contribution is -2.47. The molecule has 3 aromatic carbocycles. The zero-order valence-electron chi connectivity index (χ0n) is 19.2. The average Bonchev–Trinajstić information content (AvgIpc) is 3.15. The van der Waals surface area contributed by atoms with Crippen LogP contribution in [0.4, 0.5) is 0 Å². The van der Waals surface area contributed by atoms with Crippen molar-refractivity contribution in [3.63, 3.8) is 0 Å². The van der Waals surface area contributed by atoms with Crippen molar-refractivity contribution in [3.05, 3.63) is 94.5 Å². The summed E-state index contributed by atoms with van der Waals surface area (Å²) in [5.41, 5.74) is 2.21. The molecule has 1 amide bonds. The van der Waals surface area contributed by atoms with Crippen molar-refractivity contribution in [1.29, 1.82) is 0 Å². The fourth-order valence-corrected chi connectivity index (χ4v) is 4.88. The van der Waals surface area contributed by atoms with E-state index in [0.717, 1.165) is 11.1 Å². The molecule has 4 rings (SSSR count). The Kier molecular flexibility index (Phi) is 7.04. The summed E-state index contributed by atoms with van der Waals surface area (Å²) in [5.74, 6) is -0.421. The molecule has 1 aromatic heterocycles. The van der Waals surface area contributed by atoms with E-state index in [1.165, 1.54) is 29.8 Å². The Hall–Kier alpha value is -3.89. The van der Waals surface area contributed by atoms with Gasteiger partial charge in [-0.15, -0.1) is 0 Å². The monoisotopic (exact) mass is 495 g/mol. The maximum Gasteiger partial charge on any atom is 0.419 e. The number of hydrogen-bond donors (Lipinski definition) is 2. The van der Waals surface area contributed by atoms with Crippen LogP contribution < -0.4 is 20.5 Å². The minimum Gasteiger partial charge on any atom is -0.497 e.